The van der Waals surface area contributed by atoms with Crippen LogP contribution in [0.3, 0.4) is 0 Å². The van der Waals surface area contributed by atoms with E-state index in [1.165, 1.54) is 11.8 Å². The molecule has 2 aromatic rings. The first-order chi connectivity index (χ1) is 11.8. The van der Waals surface area contributed by atoms with E-state index in [2.05, 4.69) is 5.32 Å². The zero-order chi connectivity index (χ0) is 18.6. The summed E-state index contributed by atoms with van der Waals surface area (Å²) < 4.78 is 0. The summed E-state index contributed by atoms with van der Waals surface area (Å²) in [6, 6.07) is 11.7. The number of carbonyl (C=O) groups is 2. The third-order valence-electron chi connectivity index (χ3n) is 3.93. The average Bonchev–Trinajstić information content (AvgIpc) is 2.50. The number of hydrogen-bond acceptors (Lipinski definition) is 2. The largest absolute Gasteiger partial charge is 0.329 e. The maximum absolute atomic E-state index is 12.4. The van der Waals surface area contributed by atoms with Crippen LogP contribution in [0.4, 0.5) is 5.69 Å². The van der Waals surface area contributed by atoms with Crippen molar-refractivity contribution in [2.75, 3.05) is 11.9 Å². The van der Waals surface area contributed by atoms with Crippen LogP contribution in [0.5, 0.6) is 0 Å². The fourth-order valence-corrected chi connectivity index (χ4v) is 3.10. The minimum absolute atomic E-state index is 0.0209. The number of rotatable bonds is 5. The van der Waals surface area contributed by atoms with Gasteiger partial charge in [-0.1, -0.05) is 47.5 Å². The van der Waals surface area contributed by atoms with Gasteiger partial charge in [-0.05, 0) is 43.5 Å². The lowest BCUT2D eigenvalue weighted by atomic mass is 10.1. The highest BCUT2D eigenvalue weighted by Gasteiger charge is 2.16. The van der Waals surface area contributed by atoms with Crippen molar-refractivity contribution in [3.05, 3.63) is 63.7 Å². The van der Waals surface area contributed by atoms with Gasteiger partial charge in [0, 0.05) is 13.5 Å². The summed E-state index contributed by atoms with van der Waals surface area (Å²) in [4.78, 5) is 25.8. The van der Waals surface area contributed by atoms with E-state index in [-0.39, 0.29) is 18.4 Å². The van der Waals surface area contributed by atoms with E-state index >= 15 is 0 Å². The molecule has 5 heteroatoms. The van der Waals surface area contributed by atoms with E-state index in [0.717, 1.165) is 22.3 Å². The number of anilines is 1. The van der Waals surface area contributed by atoms with E-state index in [1.54, 1.807) is 6.07 Å². The minimum Gasteiger partial charge on any atom is -0.329 e. The van der Waals surface area contributed by atoms with Gasteiger partial charge in [-0.2, -0.15) is 0 Å². The summed E-state index contributed by atoms with van der Waals surface area (Å²) in [6.45, 7) is 7.68. The van der Waals surface area contributed by atoms with Crippen LogP contribution in [0.1, 0.15) is 29.2 Å². The molecule has 1 N–H and O–H groups in total. The number of benzene rings is 2. The Morgan fingerprint density at radius 1 is 1.08 bits per heavy atom. The Labute approximate surface area is 153 Å². The van der Waals surface area contributed by atoms with Gasteiger partial charge in [0.25, 0.3) is 0 Å². The second-order valence-corrected chi connectivity index (χ2v) is 6.76. The van der Waals surface area contributed by atoms with Crippen LogP contribution in [0.15, 0.2) is 36.4 Å². The van der Waals surface area contributed by atoms with Crippen molar-refractivity contribution in [3.8, 4) is 0 Å². The average molecular weight is 359 g/mol. The molecule has 0 bridgehead atoms. The molecule has 25 heavy (non-hydrogen) atoms. The Balaban J connectivity index is 2.09. The summed E-state index contributed by atoms with van der Waals surface area (Å²) in [5.41, 5.74) is 4.63. The molecule has 2 rings (SSSR count). The normalized spacial score (nSPS) is 10.4. The standard InChI is InChI=1S/C20H23ClN2O2/c1-13-6-5-7-17(9-13)11-23(16(4)24)12-19(25)22-20-15(3)8-14(2)10-18(20)21/h5-10H,11-12H2,1-4H3,(H,22,25). The topological polar surface area (TPSA) is 49.4 Å². The first-order valence-corrected chi connectivity index (χ1v) is 8.51. The van der Waals surface area contributed by atoms with Gasteiger partial charge in [0.15, 0.2) is 0 Å². The quantitative estimate of drug-likeness (QED) is 0.868. The van der Waals surface area contributed by atoms with Crippen molar-refractivity contribution in [1.29, 1.82) is 0 Å². The molecule has 2 amide bonds. The second-order valence-electron chi connectivity index (χ2n) is 6.35. The molecule has 0 spiro atoms. The number of nitrogens with one attached hydrogen (secondary N) is 1. The third kappa shape index (κ3) is 5.33. The SMILES string of the molecule is CC(=O)N(CC(=O)Nc1c(C)cc(C)cc1Cl)Cc1cccc(C)c1. The Morgan fingerprint density at radius 2 is 1.80 bits per heavy atom. The molecule has 0 aliphatic rings. The van der Waals surface area contributed by atoms with Gasteiger partial charge < -0.3 is 10.2 Å². The molecule has 0 saturated carbocycles. The van der Waals surface area contributed by atoms with E-state index < -0.39 is 0 Å². The molecule has 0 unspecified atom stereocenters. The summed E-state index contributed by atoms with van der Waals surface area (Å²) in [5, 5.41) is 3.32. The zero-order valence-electron chi connectivity index (χ0n) is 15.0. The van der Waals surface area contributed by atoms with Gasteiger partial charge in [-0.3, -0.25) is 9.59 Å². The fraction of sp³-hybridized carbons (Fsp3) is 0.300. The molecule has 4 nitrogen and oxygen atoms in total. The summed E-state index contributed by atoms with van der Waals surface area (Å²) in [6.07, 6.45) is 0. The lowest BCUT2D eigenvalue weighted by Crippen LogP contribution is -2.36. The number of hydrogen-bond donors (Lipinski definition) is 1. The Morgan fingerprint density at radius 3 is 2.40 bits per heavy atom. The van der Waals surface area contributed by atoms with Gasteiger partial charge in [0.2, 0.25) is 11.8 Å². The maximum Gasteiger partial charge on any atom is 0.244 e. The number of amides is 2. The number of halogens is 1. The molecule has 0 atom stereocenters. The van der Waals surface area contributed by atoms with Gasteiger partial charge in [0.05, 0.1) is 10.7 Å². The van der Waals surface area contributed by atoms with E-state index in [4.69, 9.17) is 11.6 Å². The molecular formula is C20H23ClN2O2. The van der Waals surface area contributed by atoms with Crippen molar-refractivity contribution in [2.24, 2.45) is 0 Å². The van der Waals surface area contributed by atoms with Gasteiger partial charge in [-0.15, -0.1) is 0 Å². The van der Waals surface area contributed by atoms with Crippen LogP contribution in [0.2, 0.25) is 5.02 Å². The van der Waals surface area contributed by atoms with Crippen LogP contribution >= 0.6 is 11.6 Å². The van der Waals surface area contributed by atoms with E-state index in [9.17, 15) is 9.59 Å². The van der Waals surface area contributed by atoms with Crippen molar-refractivity contribution >= 4 is 29.1 Å². The molecule has 0 radical (unpaired) electrons. The van der Waals surface area contributed by atoms with Crippen LogP contribution in [-0.2, 0) is 16.1 Å². The highest BCUT2D eigenvalue weighted by Crippen LogP contribution is 2.27. The van der Waals surface area contributed by atoms with Crippen LogP contribution in [0, 0.1) is 20.8 Å². The summed E-state index contributed by atoms with van der Waals surface area (Å²) >= 11 is 6.23. The van der Waals surface area contributed by atoms with Crippen LogP contribution in [-0.4, -0.2) is 23.3 Å². The third-order valence-corrected chi connectivity index (χ3v) is 4.23. The van der Waals surface area contributed by atoms with E-state index in [0.29, 0.717) is 17.3 Å². The van der Waals surface area contributed by atoms with E-state index in [1.807, 2.05) is 51.1 Å². The minimum atomic E-state index is -0.267. The van der Waals surface area contributed by atoms with Crippen molar-refractivity contribution in [2.45, 2.75) is 34.2 Å². The second kappa shape index (κ2) is 8.17. The van der Waals surface area contributed by atoms with Crippen molar-refractivity contribution in [1.82, 2.24) is 4.90 Å². The molecule has 0 fully saturated rings. The van der Waals surface area contributed by atoms with Crippen molar-refractivity contribution < 1.29 is 9.59 Å². The Kier molecular flexibility index (Phi) is 6.21. The molecule has 0 aliphatic carbocycles. The molecule has 2 aromatic carbocycles. The van der Waals surface area contributed by atoms with Crippen LogP contribution < -0.4 is 5.32 Å². The number of carbonyl (C=O) groups excluding carboxylic acids is 2. The molecule has 0 saturated heterocycles. The molecular weight excluding hydrogens is 336 g/mol. The van der Waals surface area contributed by atoms with Gasteiger partial charge in [0.1, 0.15) is 6.54 Å². The number of nitrogens with zero attached hydrogens (tertiary/aromatic N) is 1. The highest BCUT2D eigenvalue weighted by molar-refractivity contribution is 6.34. The molecule has 0 aliphatic heterocycles. The molecule has 0 heterocycles. The predicted molar refractivity (Wildman–Crippen MR) is 102 cm³/mol. The first-order valence-electron chi connectivity index (χ1n) is 8.14. The van der Waals surface area contributed by atoms with Gasteiger partial charge >= 0.3 is 0 Å². The molecule has 0 aromatic heterocycles. The summed E-state index contributed by atoms with van der Waals surface area (Å²) in [5.74, 6) is -0.417. The Hall–Kier alpha value is -2.33. The number of aryl methyl sites for hydroxylation is 3. The first kappa shape index (κ1) is 19.0. The smallest absolute Gasteiger partial charge is 0.244 e. The maximum atomic E-state index is 12.4. The zero-order valence-corrected chi connectivity index (χ0v) is 15.8. The summed E-state index contributed by atoms with van der Waals surface area (Å²) in [7, 11) is 0. The van der Waals surface area contributed by atoms with Gasteiger partial charge in [-0.25, -0.2) is 0 Å². The van der Waals surface area contributed by atoms with Crippen molar-refractivity contribution in [3.63, 3.8) is 0 Å². The highest BCUT2D eigenvalue weighted by atomic mass is 35.5. The molecule has 132 valence electrons. The Bertz CT molecular complexity index is 779. The lowest BCUT2D eigenvalue weighted by molar-refractivity contribution is -0.133. The predicted octanol–water partition coefficient (Wildman–Crippen LogP) is 4.25. The van der Waals surface area contributed by atoms with Crippen LogP contribution in [0.25, 0.3) is 0 Å². The fourth-order valence-electron chi connectivity index (χ4n) is 2.74. The monoisotopic (exact) mass is 358 g/mol. The lowest BCUT2D eigenvalue weighted by Gasteiger charge is -2.21.